The van der Waals surface area contributed by atoms with E-state index in [1.54, 1.807) is 18.0 Å². The van der Waals surface area contributed by atoms with Crippen molar-refractivity contribution >= 4 is 29.2 Å². The second-order valence-electron chi connectivity index (χ2n) is 7.45. The molecule has 1 atom stereocenters. The second kappa shape index (κ2) is 10.0. The lowest BCUT2D eigenvalue weighted by atomic mass is 9.74. The summed E-state index contributed by atoms with van der Waals surface area (Å²) in [6, 6.07) is 7.23. The molecule has 0 radical (unpaired) electrons. The average molecular weight is 408 g/mol. The molecule has 0 saturated heterocycles. The Morgan fingerprint density at radius 1 is 1.21 bits per heavy atom. The molecular formula is C21H30ClN3O3. The van der Waals surface area contributed by atoms with Crippen LogP contribution < -0.4 is 5.73 Å². The minimum absolute atomic E-state index is 0.0118. The molecule has 28 heavy (non-hydrogen) atoms. The first kappa shape index (κ1) is 22.4. The number of ketones is 1. The average Bonchev–Trinajstić information content (AvgIpc) is 2.66. The molecular weight excluding hydrogens is 378 g/mol. The van der Waals surface area contributed by atoms with Crippen LogP contribution in [0, 0.1) is 0 Å². The van der Waals surface area contributed by atoms with Crippen molar-refractivity contribution in [1.82, 2.24) is 9.80 Å². The van der Waals surface area contributed by atoms with Gasteiger partial charge in [-0.1, -0.05) is 43.1 Å². The van der Waals surface area contributed by atoms with E-state index in [2.05, 4.69) is 0 Å². The van der Waals surface area contributed by atoms with E-state index in [9.17, 15) is 14.4 Å². The Labute approximate surface area is 172 Å². The van der Waals surface area contributed by atoms with E-state index in [1.807, 2.05) is 25.1 Å². The number of carbonyl (C=O) groups is 3. The summed E-state index contributed by atoms with van der Waals surface area (Å²) in [7, 11) is 1.66. The lowest BCUT2D eigenvalue weighted by Crippen LogP contribution is -2.56. The molecule has 0 aromatic heterocycles. The van der Waals surface area contributed by atoms with Crippen LogP contribution in [0.15, 0.2) is 24.3 Å². The summed E-state index contributed by atoms with van der Waals surface area (Å²) in [6.07, 6.45) is 4.43. The van der Waals surface area contributed by atoms with Crippen molar-refractivity contribution < 1.29 is 14.4 Å². The highest BCUT2D eigenvalue weighted by Crippen LogP contribution is 2.42. The molecule has 1 aliphatic carbocycles. The van der Waals surface area contributed by atoms with Crippen LogP contribution in [0.2, 0.25) is 5.02 Å². The fraction of sp³-hybridized carbons (Fsp3) is 0.571. The van der Waals surface area contributed by atoms with Crippen LogP contribution in [0.5, 0.6) is 0 Å². The van der Waals surface area contributed by atoms with Crippen LogP contribution in [-0.2, 0) is 19.9 Å². The number of primary amides is 1. The Bertz CT molecular complexity index is 725. The van der Waals surface area contributed by atoms with E-state index in [4.69, 9.17) is 17.3 Å². The molecule has 2 N–H and O–H groups in total. The van der Waals surface area contributed by atoms with Crippen LogP contribution in [0.1, 0.15) is 51.0 Å². The number of amides is 2. The van der Waals surface area contributed by atoms with Crippen molar-refractivity contribution in [2.75, 3.05) is 26.7 Å². The first-order valence-corrected chi connectivity index (χ1v) is 10.3. The predicted molar refractivity (Wildman–Crippen MR) is 110 cm³/mol. The monoisotopic (exact) mass is 407 g/mol. The smallest absolute Gasteiger partial charge is 0.237 e. The standard InChI is InChI=1S/C21H30ClN3O3/c1-3-4-13-25(14-19(23)27)15-20(28)24(2)21(12-8-7-11-18(21)26)16-9-5-6-10-17(16)22/h5-6,9-10H,3-4,7-8,11-15H2,1-2H3,(H2,23,27). The van der Waals surface area contributed by atoms with E-state index in [-0.39, 0.29) is 24.8 Å². The summed E-state index contributed by atoms with van der Waals surface area (Å²) >= 11 is 6.44. The Kier molecular flexibility index (Phi) is 8.01. The number of hydrogen-bond donors (Lipinski definition) is 1. The quantitative estimate of drug-likeness (QED) is 0.682. The van der Waals surface area contributed by atoms with E-state index in [1.165, 1.54) is 4.90 Å². The molecule has 2 rings (SSSR count). The van der Waals surface area contributed by atoms with Crippen LogP contribution in [0.4, 0.5) is 0 Å². The number of halogens is 1. The Balaban J connectivity index is 2.32. The molecule has 6 nitrogen and oxygen atoms in total. The lowest BCUT2D eigenvalue weighted by Gasteiger charge is -2.44. The molecule has 0 aliphatic heterocycles. The third kappa shape index (κ3) is 4.92. The van der Waals surface area contributed by atoms with Gasteiger partial charge >= 0.3 is 0 Å². The van der Waals surface area contributed by atoms with Crippen LogP contribution >= 0.6 is 11.6 Å². The largest absolute Gasteiger partial charge is 0.369 e. The molecule has 0 heterocycles. The first-order valence-electron chi connectivity index (χ1n) is 9.88. The van der Waals surface area contributed by atoms with Gasteiger partial charge in [0.1, 0.15) is 5.54 Å². The highest BCUT2D eigenvalue weighted by molar-refractivity contribution is 6.31. The number of hydrogen-bond acceptors (Lipinski definition) is 4. The van der Waals surface area contributed by atoms with E-state index in [0.717, 1.165) is 25.7 Å². The van der Waals surface area contributed by atoms with Crippen LogP contribution in [0.25, 0.3) is 0 Å². The predicted octanol–water partition coefficient (Wildman–Crippen LogP) is 2.72. The van der Waals surface area contributed by atoms with Gasteiger partial charge in [0.2, 0.25) is 11.8 Å². The van der Waals surface area contributed by atoms with Gasteiger partial charge in [-0.05, 0) is 38.3 Å². The molecule has 2 amide bonds. The number of Topliss-reactive ketones (excluding diaryl/α,β-unsaturated/α-hetero) is 1. The lowest BCUT2D eigenvalue weighted by molar-refractivity contribution is -0.149. The third-order valence-electron chi connectivity index (χ3n) is 5.49. The topological polar surface area (TPSA) is 83.7 Å². The number of rotatable bonds is 9. The van der Waals surface area contributed by atoms with Crippen molar-refractivity contribution in [1.29, 1.82) is 0 Å². The first-order chi connectivity index (χ1) is 13.3. The number of carbonyl (C=O) groups excluding carboxylic acids is 3. The Morgan fingerprint density at radius 2 is 1.93 bits per heavy atom. The summed E-state index contributed by atoms with van der Waals surface area (Å²) in [4.78, 5) is 41.0. The fourth-order valence-electron chi connectivity index (χ4n) is 3.96. The van der Waals surface area contributed by atoms with E-state index in [0.29, 0.717) is 30.0 Å². The summed E-state index contributed by atoms with van der Waals surface area (Å²) in [6.45, 7) is 2.71. The van der Waals surface area contributed by atoms with Crippen LogP contribution in [0.3, 0.4) is 0 Å². The number of likely N-dealkylation sites (N-methyl/N-ethyl adjacent to an activating group) is 1. The number of unbranched alkanes of at least 4 members (excludes halogenated alkanes) is 1. The molecule has 7 heteroatoms. The summed E-state index contributed by atoms with van der Waals surface area (Å²) in [5, 5.41) is 0.484. The van der Waals surface area contributed by atoms with Gasteiger partial charge in [0.15, 0.2) is 5.78 Å². The minimum atomic E-state index is -1.06. The summed E-state index contributed by atoms with van der Waals surface area (Å²) in [5.41, 5.74) is 4.96. The molecule has 0 bridgehead atoms. The summed E-state index contributed by atoms with van der Waals surface area (Å²) in [5.74, 6) is -0.675. The van der Waals surface area contributed by atoms with Gasteiger partial charge in [-0.15, -0.1) is 0 Å². The second-order valence-corrected chi connectivity index (χ2v) is 7.86. The van der Waals surface area contributed by atoms with Gasteiger partial charge < -0.3 is 10.6 Å². The fourth-order valence-corrected chi connectivity index (χ4v) is 4.25. The van der Waals surface area contributed by atoms with Crippen molar-refractivity contribution in [2.24, 2.45) is 5.73 Å². The molecule has 1 fully saturated rings. The molecule has 1 saturated carbocycles. The van der Waals surface area contributed by atoms with Crippen molar-refractivity contribution in [3.05, 3.63) is 34.9 Å². The van der Waals surface area contributed by atoms with Gasteiger partial charge in [0, 0.05) is 24.1 Å². The van der Waals surface area contributed by atoms with Crippen LogP contribution in [-0.4, -0.2) is 54.1 Å². The zero-order chi connectivity index (χ0) is 20.7. The van der Waals surface area contributed by atoms with Gasteiger partial charge in [0.25, 0.3) is 0 Å². The molecule has 154 valence electrons. The van der Waals surface area contributed by atoms with E-state index < -0.39 is 11.4 Å². The molecule has 1 aromatic rings. The highest BCUT2D eigenvalue weighted by atomic mass is 35.5. The minimum Gasteiger partial charge on any atom is -0.369 e. The van der Waals surface area contributed by atoms with Gasteiger partial charge in [-0.2, -0.15) is 0 Å². The maximum absolute atomic E-state index is 13.2. The van der Waals surface area contributed by atoms with Crippen molar-refractivity contribution in [3.63, 3.8) is 0 Å². The van der Waals surface area contributed by atoms with Crippen molar-refractivity contribution in [2.45, 2.75) is 51.0 Å². The molecule has 1 aromatic carbocycles. The van der Waals surface area contributed by atoms with Gasteiger partial charge in [-0.3, -0.25) is 19.3 Å². The number of nitrogens with zero attached hydrogens (tertiary/aromatic N) is 2. The molecule has 1 aliphatic rings. The zero-order valence-corrected chi connectivity index (χ0v) is 17.5. The SMILES string of the molecule is CCCCN(CC(N)=O)CC(=O)N(C)C1(c2ccccc2Cl)CCCCC1=O. The molecule has 0 spiro atoms. The number of benzene rings is 1. The Morgan fingerprint density at radius 3 is 2.54 bits per heavy atom. The highest BCUT2D eigenvalue weighted by Gasteiger charge is 2.47. The zero-order valence-electron chi connectivity index (χ0n) is 16.7. The normalized spacial score (nSPS) is 19.6. The van der Waals surface area contributed by atoms with Gasteiger partial charge in [0.05, 0.1) is 13.1 Å². The third-order valence-corrected chi connectivity index (χ3v) is 5.82. The number of nitrogens with two attached hydrogens (primary N) is 1. The van der Waals surface area contributed by atoms with Crippen molar-refractivity contribution in [3.8, 4) is 0 Å². The summed E-state index contributed by atoms with van der Waals surface area (Å²) < 4.78 is 0. The van der Waals surface area contributed by atoms with E-state index >= 15 is 0 Å². The maximum atomic E-state index is 13.2. The maximum Gasteiger partial charge on any atom is 0.237 e. The molecule has 1 unspecified atom stereocenters. The Hall–Kier alpha value is -1.92. The van der Waals surface area contributed by atoms with Gasteiger partial charge in [-0.25, -0.2) is 0 Å².